The number of halogens is 1. The third kappa shape index (κ3) is 4.04. The molecule has 1 heterocycles. The van der Waals surface area contributed by atoms with E-state index < -0.39 is 0 Å². The monoisotopic (exact) mass is 322 g/mol. The standard InChI is InChI=1S/C15H15FN2OS2/c16-11-3-1-2-4-13(11)20-8-7-14(19)18-15-17-12(9-21-15)10-5-6-10/h1-4,9-10H,5-8H2,(H,17,18,19). The normalized spacial score (nSPS) is 14.1. The minimum Gasteiger partial charge on any atom is -0.302 e. The molecule has 0 unspecified atom stereocenters. The van der Waals surface area contributed by atoms with Crippen molar-refractivity contribution in [1.82, 2.24) is 4.98 Å². The second-order valence-electron chi connectivity index (χ2n) is 4.93. The maximum atomic E-state index is 13.4. The highest BCUT2D eigenvalue weighted by atomic mass is 32.2. The molecule has 2 aromatic rings. The molecular formula is C15H15FN2OS2. The third-order valence-electron chi connectivity index (χ3n) is 3.19. The number of hydrogen-bond donors (Lipinski definition) is 1. The average Bonchev–Trinajstić information content (AvgIpc) is 3.22. The highest BCUT2D eigenvalue weighted by Crippen LogP contribution is 2.40. The summed E-state index contributed by atoms with van der Waals surface area (Å²) in [7, 11) is 0. The first-order valence-electron chi connectivity index (χ1n) is 6.85. The zero-order valence-corrected chi connectivity index (χ0v) is 13.0. The number of thioether (sulfide) groups is 1. The van der Waals surface area contributed by atoms with Gasteiger partial charge >= 0.3 is 0 Å². The number of anilines is 1. The van der Waals surface area contributed by atoms with E-state index in [-0.39, 0.29) is 11.7 Å². The van der Waals surface area contributed by atoms with Gasteiger partial charge in [0.15, 0.2) is 5.13 Å². The van der Waals surface area contributed by atoms with Gasteiger partial charge < -0.3 is 5.32 Å². The van der Waals surface area contributed by atoms with Crippen LogP contribution in [-0.2, 0) is 4.79 Å². The molecule has 6 heteroatoms. The van der Waals surface area contributed by atoms with E-state index in [1.54, 1.807) is 18.2 Å². The summed E-state index contributed by atoms with van der Waals surface area (Å²) < 4.78 is 13.4. The van der Waals surface area contributed by atoms with Gasteiger partial charge in [0.2, 0.25) is 5.91 Å². The summed E-state index contributed by atoms with van der Waals surface area (Å²) in [6, 6.07) is 6.60. The first kappa shape index (κ1) is 14.5. The topological polar surface area (TPSA) is 42.0 Å². The Kier molecular flexibility index (Phi) is 4.55. The molecule has 1 saturated carbocycles. The van der Waals surface area contributed by atoms with Gasteiger partial charge in [0, 0.05) is 28.4 Å². The Morgan fingerprint density at radius 3 is 3.00 bits per heavy atom. The lowest BCUT2D eigenvalue weighted by Crippen LogP contribution is -2.12. The van der Waals surface area contributed by atoms with E-state index in [0.29, 0.717) is 28.1 Å². The van der Waals surface area contributed by atoms with Crippen molar-refractivity contribution in [3.8, 4) is 0 Å². The van der Waals surface area contributed by atoms with Crippen LogP contribution in [0.1, 0.15) is 30.9 Å². The molecule has 0 atom stereocenters. The number of nitrogens with zero attached hydrogens (tertiary/aromatic N) is 1. The first-order valence-corrected chi connectivity index (χ1v) is 8.71. The summed E-state index contributed by atoms with van der Waals surface area (Å²) in [6.07, 6.45) is 2.75. The molecular weight excluding hydrogens is 307 g/mol. The second kappa shape index (κ2) is 6.58. The lowest BCUT2D eigenvalue weighted by Gasteiger charge is -2.03. The molecule has 0 spiro atoms. The largest absolute Gasteiger partial charge is 0.302 e. The maximum Gasteiger partial charge on any atom is 0.226 e. The maximum absolute atomic E-state index is 13.4. The van der Waals surface area contributed by atoms with Crippen LogP contribution >= 0.6 is 23.1 Å². The number of nitrogens with one attached hydrogen (secondary N) is 1. The van der Waals surface area contributed by atoms with Crippen LogP contribution in [0.5, 0.6) is 0 Å². The molecule has 1 aliphatic rings. The van der Waals surface area contributed by atoms with Gasteiger partial charge in [-0.2, -0.15) is 0 Å². The van der Waals surface area contributed by atoms with Crippen LogP contribution in [0.25, 0.3) is 0 Å². The van der Waals surface area contributed by atoms with Crippen LogP contribution in [0.2, 0.25) is 0 Å². The predicted molar refractivity (Wildman–Crippen MR) is 84.5 cm³/mol. The summed E-state index contributed by atoms with van der Waals surface area (Å²) in [5.41, 5.74) is 1.09. The van der Waals surface area contributed by atoms with E-state index in [4.69, 9.17) is 0 Å². The molecule has 1 N–H and O–H groups in total. The molecule has 0 aliphatic heterocycles. The van der Waals surface area contributed by atoms with Gasteiger partial charge in [-0.25, -0.2) is 9.37 Å². The Morgan fingerprint density at radius 2 is 2.24 bits per heavy atom. The molecule has 0 saturated heterocycles. The van der Waals surface area contributed by atoms with E-state index in [9.17, 15) is 9.18 Å². The van der Waals surface area contributed by atoms with Crippen molar-refractivity contribution in [1.29, 1.82) is 0 Å². The minimum atomic E-state index is -0.239. The summed E-state index contributed by atoms with van der Waals surface area (Å²) in [5.74, 6) is 0.837. The Hall–Kier alpha value is -1.40. The van der Waals surface area contributed by atoms with Gasteiger partial charge in [0.1, 0.15) is 5.82 Å². The fourth-order valence-electron chi connectivity index (χ4n) is 1.91. The van der Waals surface area contributed by atoms with Crippen molar-refractivity contribution < 1.29 is 9.18 Å². The van der Waals surface area contributed by atoms with E-state index >= 15 is 0 Å². The van der Waals surface area contributed by atoms with Gasteiger partial charge in [-0.3, -0.25) is 4.79 Å². The molecule has 3 nitrogen and oxygen atoms in total. The fraction of sp³-hybridized carbons (Fsp3) is 0.333. The molecule has 21 heavy (non-hydrogen) atoms. The minimum absolute atomic E-state index is 0.0736. The number of amides is 1. The van der Waals surface area contributed by atoms with Gasteiger partial charge in [-0.05, 0) is 25.0 Å². The highest BCUT2D eigenvalue weighted by molar-refractivity contribution is 7.99. The van der Waals surface area contributed by atoms with E-state index in [1.807, 2.05) is 5.38 Å². The van der Waals surface area contributed by atoms with Crippen molar-refractivity contribution in [3.63, 3.8) is 0 Å². The number of thiazole rings is 1. The van der Waals surface area contributed by atoms with Gasteiger partial charge in [0.05, 0.1) is 5.69 Å². The molecule has 1 aromatic carbocycles. The Bertz CT molecular complexity index is 640. The summed E-state index contributed by atoms with van der Waals surface area (Å²) in [5, 5.41) is 5.49. The lowest BCUT2D eigenvalue weighted by molar-refractivity contribution is -0.115. The predicted octanol–water partition coefficient (Wildman–Crippen LogP) is 4.28. The van der Waals surface area contributed by atoms with Crippen LogP contribution in [0.3, 0.4) is 0 Å². The van der Waals surface area contributed by atoms with Crippen LogP contribution in [-0.4, -0.2) is 16.6 Å². The van der Waals surface area contributed by atoms with Crippen molar-refractivity contribution in [2.24, 2.45) is 0 Å². The Labute approximate surface area is 131 Å². The van der Waals surface area contributed by atoms with Crippen LogP contribution in [0.4, 0.5) is 9.52 Å². The van der Waals surface area contributed by atoms with Crippen molar-refractivity contribution in [2.75, 3.05) is 11.1 Å². The molecule has 0 radical (unpaired) electrons. The summed E-state index contributed by atoms with van der Waals surface area (Å²) >= 11 is 2.82. The number of carbonyl (C=O) groups excluding carboxylic acids is 1. The van der Waals surface area contributed by atoms with Crippen LogP contribution < -0.4 is 5.32 Å². The number of rotatable bonds is 6. The van der Waals surface area contributed by atoms with E-state index in [0.717, 1.165) is 5.69 Å². The first-order chi connectivity index (χ1) is 10.2. The second-order valence-corrected chi connectivity index (χ2v) is 6.92. The van der Waals surface area contributed by atoms with E-state index in [2.05, 4.69) is 10.3 Å². The number of benzene rings is 1. The molecule has 0 bridgehead atoms. The van der Waals surface area contributed by atoms with E-state index in [1.165, 1.54) is 42.0 Å². The number of aromatic nitrogens is 1. The zero-order chi connectivity index (χ0) is 14.7. The Balaban J connectivity index is 1.44. The molecule has 3 rings (SSSR count). The van der Waals surface area contributed by atoms with Crippen molar-refractivity contribution in [2.45, 2.75) is 30.1 Å². The average molecular weight is 322 g/mol. The Morgan fingerprint density at radius 1 is 1.43 bits per heavy atom. The molecule has 1 aliphatic carbocycles. The molecule has 1 aromatic heterocycles. The van der Waals surface area contributed by atoms with Gasteiger partial charge in [0.25, 0.3) is 0 Å². The van der Waals surface area contributed by atoms with Crippen molar-refractivity contribution >= 4 is 34.1 Å². The quantitative estimate of drug-likeness (QED) is 0.807. The fourth-order valence-corrected chi connectivity index (χ4v) is 3.60. The summed E-state index contributed by atoms with van der Waals surface area (Å²) in [6.45, 7) is 0. The zero-order valence-electron chi connectivity index (χ0n) is 11.3. The molecule has 1 fully saturated rings. The number of hydrogen-bond acceptors (Lipinski definition) is 4. The van der Waals surface area contributed by atoms with Gasteiger partial charge in [-0.15, -0.1) is 23.1 Å². The SMILES string of the molecule is O=C(CCSc1ccccc1F)Nc1nc(C2CC2)cs1. The molecule has 1 amide bonds. The lowest BCUT2D eigenvalue weighted by atomic mass is 10.3. The van der Waals surface area contributed by atoms with Crippen molar-refractivity contribution in [3.05, 3.63) is 41.2 Å². The van der Waals surface area contributed by atoms with Crippen LogP contribution in [0, 0.1) is 5.82 Å². The molecule has 110 valence electrons. The summed E-state index contributed by atoms with van der Waals surface area (Å²) in [4.78, 5) is 16.8. The van der Waals surface area contributed by atoms with Gasteiger partial charge in [-0.1, -0.05) is 12.1 Å². The third-order valence-corrected chi connectivity index (χ3v) is 5.01. The number of carbonyl (C=O) groups is 1. The van der Waals surface area contributed by atoms with Crippen LogP contribution in [0.15, 0.2) is 34.5 Å². The smallest absolute Gasteiger partial charge is 0.226 e. The highest BCUT2D eigenvalue weighted by Gasteiger charge is 2.26.